The lowest BCUT2D eigenvalue weighted by atomic mass is 10.1. The van der Waals surface area contributed by atoms with Crippen LogP contribution in [0.2, 0.25) is 0 Å². The Hall–Kier alpha value is -2.57. The predicted octanol–water partition coefficient (Wildman–Crippen LogP) is 3.35. The minimum atomic E-state index is 0.604. The molecule has 0 bridgehead atoms. The van der Waals surface area contributed by atoms with Crippen LogP contribution in [-0.2, 0) is 17.8 Å². The van der Waals surface area contributed by atoms with Gasteiger partial charge in [0.05, 0.1) is 0 Å². The third kappa shape index (κ3) is 7.89. The Morgan fingerprint density at radius 2 is 1.74 bits per heavy atom. The van der Waals surface area contributed by atoms with E-state index in [-0.39, 0.29) is 0 Å². The van der Waals surface area contributed by atoms with Gasteiger partial charge in [-0.1, -0.05) is 42.0 Å². The van der Waals surface area contributed by atoms with Crippen LogP contribution < -0.4 is 15.4 Å². The average Bonchev–Trinajstić information content (AvgIpc) is 2.80. The smallest absolute Gasteiger partial charge is 0.191 e. The first-order chi connectivity index (χ1) is 15.1. The fourth-order valence-corrected chi connectivity index (χ4v) is 3.78. The highest BCUT2D eigenvalue weighted by Gasteiger charge is 2.17. The van der Waals surface area contributed by atoms with E-state index in [0.29, 0.717) is 19.2 Å². The number of aliphatic imine (C=N–C) groups is 1. The number of ether oxygens (including phenoxy) is 2. The molecular formula is C25H36N4O2. The lowest BCUT2D eigenvalue weighted by Crippen LogP contribution is -2.38. The highest BCUT2D eigenvalue weighted by Crippen LogP contribution is 2.15. The van der Waals surface area contributed by atoms with Crippen molar-refractivity contribution >= 4 is 5.96 Å². The van der Waals surface area contributed by atoms with Crippen LogP contribution in [0.5, 0.6) is 5.75 Å². The maximum Gasteiger partial charge on any atom is 0.191 e. The van der Waals surface area contributed by atoms with Crippen LogP contribution in [0.15, 0.2) is 53.5 Å². The first-order valence-electron chi connectivity index (χ1n) is 11.1. The molecule has 6 nitrogen and oxygen atoms in total. The van der Waals surface area contributed by atoms with Gasteiger partial charge in [0, 0.05) is 45.9 Å². The van der Waals surface area contributed by atoms with Crippen LogP contribution in [0, 0.1) is 6.92 Å². The maximum absolute atomic E-state index is 6.01. The minimum Gasteiger partial charge on any atom is -0.492 e. The van der Waals surface area contributed by atoms with Crippen LogP contribution in [0.25, 0.3) is 0 Å². The van der Waals surface area contributed by atoms with Gasteiger partial charge in [0.2, 0.25) is 0 Å². The van der Waals surface area contributed by atoms with E-state index in [1.807, 2.05) is 12.1 Å². The van der Waals surface area contributed by atoms with E-state index in [1.165, 1.54) is 11.1 Å². The van der Waals surface area contributed by atoms with Gasteiger partial charge in [-0.25, -0.2) is 0 Å². The number of hydrogen-bond donors (Lipinski definition) is 2. The molecule has 1 aliphatic heterocycles. The molecule has 1 saturated heterocycles. The second kappa shape index (κ2) is 12.3. The number of benzene rings is 2. The topological polar surface area (TPSA) is 58.1 Å². The van der Waals surface area contributed by atoms with Gasteiger partial charge in [-0.2, -0.15) is 0 Å². The summed E-state index contributed by atoms with van der Waals surface area (Å²) < 4.78 is 11.5. The molecule has 6 heteroatoms. The average molecular weight is 425 g/mol. The molecule has 1 fully saturated rings. The second-order valence-electron chi connectivity index (χ2n) is 8.09. The molecule has 2 aromatic rings. The number of rotatable bonds is 9. The van der Waals surface area contributed by atoms with E-state index >= 15 is 0 Å². The summed E-state index contributed by atoms with van der Waals surface area (Å²) in [5.74, 6) is 1.69. The molecule has 1 aliphatic rings. The Labute approximate surface area is 186 Å². The van der Waals surface area contributed by atoms with Crippen molar-refractivity contribution in [2.45, 2.75) is 38.9 Å². The van der Waals surface area contributed by atoms with E-state index in [2.05, 4.69) is 70.9 Å². The zero-order valence-electron chi connectivity index (χ0n) is 19.1. The van der Waals surface area contributed by atoms with Gasteiger partial charge in [-0.05, 0) is 50.1 Å². The number of guanidine groups is 1. The highest BCUT2D eigenvalue weighted by molar-refractivity contribution is 5.79. The summed E-state index contributed by atoms with van der Waals surface area (Å²) in [4.78, 5) is 6.71. The summed E-state index contributed by atoms with van der Waals surface area (Å²) in [7, 11) is 3.97. The Balaban J connectivity index is 1.41. The van der Waals surface area contributed by atoms with Crippen molar-refractivity contribution in [3.8, 4) is 5.75 Å². The van der Waals surface area contributed by atoms with E-state index in [0.717, 1.165) is 56.4 Å². The lowest BCUT2D eigenvalue weighted by Gasteiger charge is -2.31. The van der Waals surface area contributed by atoms with Gasteiger partial charge in [-0.3, -0.25) is 9.89 Å². The molecule has 3 rings (SSSR count). The molecule has 0 radical (unpaired) electrons. The zero-order chi connectivity index (χ0) is 21.9. The van der Waals surface area contributed by atoms with Crippen molar-refractivity contribution < 1.29 is 9.47 Å². The van der Waals surface area contributed by atoms with E-state index < -0.39 is 0 Å². The van der Waals surface area contributed by atoms with Crippen molar-refractivity contribution in [3.63, 3.8) is 0 Å². The molecule has 0 atom stereocenters. The number of hydrogen-bond acceptors (Lipinski definition) is 4. The lowest BCUT2D eigenvalue weighted by molar-refractivity contribution is 0.0392. The molecule has 2 aromatic carbocycles. The first kappa shape index (κ1) is 23.1. The van der Waals surface area contributed by atoms with Crippen molar-refractivity contribution in [3.05, 3.63) is 65.2 Å². The molecule has 0 unspecified atom stereocenters. The fraction of sp³-hybridized carbons (Fsp3) is 0.480. The van der Waals surface area contributed by atoms with Gasteiger partial charge in [0.15, 0.2) is 5.96 Å². The monoisotopic (exact) mass is 424 g/mol. The van der Waals surface area contributed by atoms with E-state index in [1.54, 1.807) is 7.05 Å². The molecule has 2 N–H and O–H groups in total. The minimum absolute atomic E-state index is 0.604. The summed E-state index contributed by atoms with van der Waals surface area (Å²) >= 11 is 0. The number of aryl methyl sites for hydroxylation is 1. The molecule has 31 heavy (non-hydrogen) atoms. The molecule has 0 aliphatic carbocycles. The van der Waals surface area contributed by atoms with E-state index in [9.17, 15) is 0 Å². The van der Waals surface area contributed by atoms with Crippen LogP contribution in [0.4, 0.5) is 0 Å². The number of likely N-dealkylation sites (N-methyl/N-ethyl adjacent to an activating group) is 1. The van der Waals surface area contributed by atoms with Gasteiger partial charge in [0.1, 0.15) is 12.4 Å². The SMILES string of the molecule is CN=C(NCc1cccc(C)c1)NCc1cccc(OCCN(C)C2CCOCC2)c1. The normalized spacial score (nSPS) is 15.2. The van der Waals surface area contributed by atoms with Gasteiger partial charge in [0.25, 0.3) is 0 Å². The molecule has 0 aromatic heterocycles. The van der Waals surface area contributed by atoms with Gasteiger partial charge < -0.3 is 20.1 Å². The van der Waals surface area contributed by atoms with Crippen LogP contribution in [0.3, 0.4) is 0 Å². The van der Waals surface area contributed by atoms with Crippen LogP contribution in [0.1, 0.15) is 29.5 Å². The third-order valence-corrected chi connectivity index (χ3v) is 5.65. The molecule has 0 saturated carbocycles. The quantitative estimate of drug-likeness (QED) is 0.478. The van der Waals surface area contributed by atoms with Gasteiger partial charge >= 0.3 is 0 Å². The zero-order valence-corrected chi connectivity index (χ0v) is 19.1. The molecular weight excluding hydrogens is 388 g/mol. The molecule has 0 spiro atoms. The molecule has 1 heterocycles. The Morgan fingerprint density at radius 3 is 2.42 bits per heavy atom. The first-order valence-corrected chi connectivity index (χ1v) is 11.1. The predicted molar refractivity (Wildman–Crippen MR) is 127 cm³/mol. The standard InChI is InChI=1S/C25H36N4O2/c1-20-6-4-7-21(16-20)18-27-25(26-2)28-19-22-8-5-9-24(17-22)31-15-12-29(3)23-10-13-30-14-11-23/h4-9,16-17,23H,10-15,18-19H2,1-3H3,(H2,26,27,28). The van der Waals surface area contributed by atoms with Crippen molar-refractivity contribution in [2.24, 2.45) is 4.99 Å². The summed E-state index contributed by atoms with van der Waals surface area (Å²) in [6.45, 7) is 6.88. The van der Waals surface area contributed by atoms with Crippen LogP contribution in [-0.4, -0.2) is 57.4 Å². The summed E-state index contributed by atoms with van der Waals surface area (Å²) in [6.07, 6.45) is 2.22. The molecule has 168 valence electrons. The Morgan fingerprint density at radius 1 is 1.06 bits per heavy atom. The molecule has 0 amide bonds. The summed E-state index contributed by atoms with van der Waals surface area (Å²) in [5.41, 5.74) is 3.66. The second-order valence-corrected chi connectivity index (χ2v) is 8.09. The summed E-state index contributed by atoms with van der Waals surface area (Å²) in [6, 6.07) is 17.3. The number of nitrogens with zero attached hydrogens (tertiary/aromatic N) is 2. The third-order valence-electron chi connectivity index (χ3n) is 5.65. The fourth-order valence-electron chi connectivity index (χ4n) is 3.78. The highest BCUT2D eigenvalue weighted by atomic mass is 16.5. The van der Waals surface area contributed by atoms with Gasteiger partial charge in [-0.15, -0.1) is 0 Å². The Kier molecular flexibility index (Phi) is 9.18. The Bertz CT molecular complexity index is 834. The van der Waals surface area contributed by atoms with Crippen LogP contribution >= 0.6 is 0 Å². The van der Waals surface area contributed by atoms with Crippen molar-refractivity contribution in [2.75, 3.05) is 40.5 Å². The largest absolute Gasteiger partial charge is 0.492 e. The maximum atomic E-state index is 6.01. The van der Waals surface area contributed by atoms with E-state index in [4.69, 9.17) is 9.47 Å². The number of nitrogens with one attached hydrogen (secondary N) is 2. The van der Waals surface area contributed by atoms with Crippen molar-refractivity contribution in [1.29, 1.82) is 0 Å². The summed E-state index contributed by atoms with van der Waals surface area (Å²) in [5, 5.41) is 6.75. The van der Waals surface area contributed by atoms with Crippen molar-refractivity contribution in [1.82, 2.24) is 15.5 Å².